The molecule has 0 aliphatic heterocycles. The van der Waals surface area contributed by atoms with E-state index in [2.05, 4.69) is 21.2 Å². The van der Waals surface area contributed by atoms with Crippen LogP contribution in [0.4, 0.5) is 10.1 Å². The number of anilines is 1. The molecule has 2 aromatic rings. The molecule has 2 N–H and O–H groups in total. The molecule has 0 aliphatic carbocycles. The van der Waals surface area contributed by atoms with E-state index in [0.29, 0.717) is 9.50 Å². The average molecular weight is 373 g/mol. The lowest BCUT2D eigenvalue weighted by Gasteiger charge is -2.08. The molecule has 108 valence electrons. The van der Waals surface area contributed by atoms with E-state index in [1.807, 2.05) is 0 Å². The first-order valence-electron chi connectivity index (χ1n) is 5.67. The first-order valence-corrected chi connectivity index (χ1v) is 6.85. The number of halogens is 3. The van der Waals surface area contributed by atoms with Crippen LogP contribution in [0.15, 0.2) is 40.9 Å². The fourth-order valence-electron chi connectivity index (χ4n) is 1.61. The lowest BCUT2D eigenvalue weighted by Crippen LogP contribution is -2.14. The number of aromatic carboxylic acids is 1. The number of amides is 1. The molecule has 2 aromatic carbocycles. The van der Waals surface area contributed by atoms with Gasteiger partial charge in [-0.25, -0.2) is 9.18 Å². The van der Waals surface area contributed by atoms with E-state index >= 15 is 0 Å². The van der Waals surface area contributed by atoms with Crippen molar-refractivity contribution < 1.29 is 19.1 Å². The molecule has 2 rings (SSSR count). The third-order valence-corrected chi connectivity index (χ3v) is 3.53. The molecule has 4 nitrogen and oxygen atoms in total. The van der Waals surface area contributed by atoms with Gasteiger partial charge in [-0.3, -0.25) is 4.79 Å². The predicted octanol–water partition coefficient (Wildman–Crippen LogP) is 4.19. The van der Waals surface area contributed by atoms with E-state index in [9.17, 15) is 14.0 Å². The number of rotatable bonds is 3. The highest BCUT2D eigenvalue weighted by atomic mass is 79.9. The van der Waals surface area contributed by atoms with Crippen LogP contribution >= 0.6 is 27.5 Å². The van der Waals surface area contributed by atoms with Crippen molar-refractivity contribution in [2.24, 2.45) is 0 Å². The zero-order chi connectivity index (χ0) is 15.6. The Morgan fingerprint density at radius 1 is 1.19 bits per heavy atom. The van der Waals surface area contributed by atoms with Crippen LogP contribution in [-0.2, 0) is 0 Å². The van der Waals surface area contributed by atoms with Crippen LogP contribution in [0.3, 0.4) is 0 Å². The Morgan fingerprint density at radius 3 is 2.48 bits per heavy atom. The van der Waals surface area contributed by atoms with Crippen LogP contribution in [0.25, 0.3) is 0 Å². The Morgan fingerprint density at radius 2 is 1.90 bits per heavy atom. The van der Waals surface area contributed by atoms with Crippen LogP contribution < -0.4 is 5.32 Å². The summed E-state index contributed by atoms with van der Waals surface area (Å²) in [5.74, 6) is -2.61. The average Bonchev–Trinajstić information content (AvgIpc) is 2.40. The van der Waals surface area contributed by atoms with Gasteiger partial charge in [0.15, 0.2) is 0 Å². The van der Waals surface area contributed by atoms with Gasteiger partial charge in [-0.15, -0.1) is 0 Å². The molecule has 0 aromatic heterocycles. The number of carbonyl (C=O) groups excluding carboxylic acids is 1. The molecule has 0 unspecified atom stereocenters. The summed E-state index contributed by atoms with van der Waals surface area (Å²) in [5.41, 5.74) is -0.0221. The van der Waals surface area contributed by atoms with Crippen LogP contribution in [-0.4, -0.2) is 17.0 Å². The van der Waals surface area contributed by atoms with Crippen molar-refractivity contribution in [2.45, 2.75) is 0 Å². The molecule has 21 heavy (non-hydrogen) atoms. The Hall–Kier alpha value is -1.92. The minimum absolute atomic E-state index is 0.105. The second-order valence-electron chi connectivity index (χ2n) is 4.08. The molecule has 0 spiro atoms. The van der Waals surface area contributed by atoms with E-state index < -0.39 is 17.7 Å². The van der Waals surface area contributed by atoms with Crippen LogP contribution in [0.2, 0.25) is 5.02 Å². The standard InChI is InChI=1S/C14H8BrClFNO3/c15-10-6-8(16)2-3-9(10)13(19)18-12-4-1-7(14(20)21)5-11(12)17/h1-6H,(H,18,19)(H,20,21). The number of carbonyl (C=O) groups is 2. The van der Waals surface area contributed by atoms with Crippen molar-refractivity contribution in [3.05, 3.63) is 62.8 Å². The zero-order valence-corrected chi connectivity index (χ0v) is 12.7. The molecular formula is C14H8BrClFNO3. The van der Waals surface area contributed by atoms with E-state index in [1.54, 1.807) is 6.07 Å². The minimum Gasteiger partial charge on any atom is -0.478 e. The molecule has 0 radical (unpaired) electrons. The monoisotopic (exact) mass is 371 g/mol. The summed E-state index contributed by atoms with van der Waals surface area (Å²) in [6.45, 7) is 0. The summed E-state index contributed by atoms with van der Waals surface area (Å²) in [6, 6.07) is 7.81. The van der Waals surface area contributed by atoms with E-state index in [0.717, 1.165) is 6.07 Å². The van der Waals surface area contributed by atoms with E-state index in [1.165, 1.54) is 24.3 Å². The van der Waals surface area contributed by atoms with Gasteiger partial charge in [0.05, 0.1) is 16.8 Å². The molecule has 0 fully saturated rings. The number of carboxylic acid groups (broad SMARTS) is 1. The highest BCUT2D eigenvalue weighted by Gasteiger charge is 2.14. The summed E-state index contributed by atoms with van der Waals surface area (Å²) in [4.78, 5) is 22.8. The third-order valence-electron chi connectivity index (χ3n) is 2.64. The second kappa shape index (κ2) is 6.24. The van der Waals surface area contributed by atoms with Crippen LogP contribution in [0.5, 0.6) is 0 Å². The van der Waals surface area contributed by atoms with Gasteiger partial charge in [0.1, 0.15) is 5.82 Å². The molecule has 0 heterocycles. The lowest BCUT2D eigenvalue weighted by atomic mass is 10.1. The van der Waals surface area contributed by atoms with Gasteiger partial charge in [0.25, 0.3) is 5.91 Å². The summed E-state index contributed by atoms with van der Waals surface area (Å²) in [5, 5.41) is 11.6. The molecule has 0 aliphatic rings. The van der Waals surface area contributed by atoms with Gasteiger partial charge in [0.2, 0.25) is 0 Å². The van der Waals surface area contributed by atoms with Gasteiger partial charge in [-0.1, -0.05) is 11.6 Å². The maximum atomic E-state index is 13.7. The number of benzene rings is 2. The largest absolute Gasteiger partial charge is 0.478 e. The van der Waals surface area contributed by atoms with Crippen LogP contribution in [0, 0.1) is 5.82 Å². The zero-order valence-electron chi connectivity index (χ0n) is 10.4. The summed E-state index contributed by atoms with van der Waals surface area (Å²) in [7, 11) is 0. The minimum atomic E-state index is -1.24. The van der Waals surface area contributed by atoms with E-state index in [4.69, 9.17) is 16.7 Å². The Bertz CT molecular complexity index is 736. The molecule has 0 saturated heterocycles. The normalized spacial score (nSPS) is 10.2. The Kier molecular flexibility index (Phi) is 4.59. The SMILES string of the molecule is O=C(O)c1ccc(NC(=O)c2ccc(Cl)cc2Br)c(F)c1. The number of carboxylic acids is 1. The fourth-order valence-corrected chi connectivity index (χ4v) is 2.48. The summed E-state index contributed by atoms with van der Waals surface area (Å²) < 4.78 is 14.2. The van der Waals surface area contributed by atoms with Crippen molar-refractivity contribution in [3.63, 3.8) is 0 Å². The molecule has 1 amide bonds. The number of hydrogen-bond acceptors (Lipinski definition) is 2. The Labute approximate surface area is 132 Å². The number of hydrogen-bond donors (Lipinski definition) is 2. The second-order valence-corrected chi connectivity index (χ2v) is 5.37. The molecule has 0 atom stereocenters. The molecule has 7 heteroatoms. The van der Waals surface area contributed by atoms with Crippen molar-refractivity contribution in [3.8, 4) is 0 Å². The third kappa shape index (κ3) is 3.59. The summed E-state index contributed by atoms with van der Waals surface area (Å²) >= 11 is 8.97. The van der Waals surface area contributed by atoms with Gasteiger partial charge in [0, 0.05) is 9.50 Å². The maximum absolute atomic E-state index is 13.7. The van der Waals surface area contributed by atoms with Gasteiger partial charge < -0.3 is 10.4 Å². The Balaban J connectivity index is 2.25. The maximum Gasteiger partial charge on any atom is 0.335 e. The predicted molar refractivity (Wildman–Crippen MR) is 80.5 cm³/mol. The molecule has 0 saturated carbocycles. The smallest absolute Gasteiger partial charge is 0.335 e. The van der Waals surface area contributed by atoms with Gasteiger partial charge in [-0.2, -0.15) is 0 Å². The van der Waals surface area contributed by atoms with Crippen molar-refractivity contribution >= 4 is 45.1 Å². The topological polar surface area (TPSA) is 66.4 Å². The van der Waals surface area contributed by atoms with Crippen LogP contribution in [0.1, 0.15) is 20.7 Å². The number of nitrogens with one attached hydrogen (secondary N) is 1. The highest BCUT2D eigenvalue weighted by Crippen LogP contribution is 2.23. The lowest BCUT2D eigenvalue weighted by molar-refractivity contribution is 0.0696. The fraction of sp³-hybridized carbons (Fsp3) is 0. The quantitative estimate of drug-likeness (QED) is 0.849. The highest BCUT2D eigenvalue weighted by molar-refractivity contribution is 9.10. The van der Waals surface area contributed by atoms with Crippen molar-refractivity contribution in [1.29, 1.82) is 0 Å². The molecular weight excluding hydrogens is 365 g/mol. The first kappa shape index (κ1) is 15.5. The van der Waals surface area contributed by atoms with Crippen molar-refractivity contribution in [2.75, 3.05) is 5.32 Å². The van der Waals surface area contributed by atoms with Crippen molar-refractivity contribution in [1.82, 2.24) is 0 Å². The van der Waals surface area contributed by atoms with Gasteiger partial charge >= 0.3 is 5.97 Å². The van der Waals surface area contributed by atoms with Gasteiger partial charge in [-0.05, 0) is 52.3 Å². The summed E-state index contributed by atoms with van der Waals surface area (Å²) in [6.07, 6.45) is 0. The first-order chi connectivity index (χ1) is 9.88. The molecule has 0 bridgehead atoms. The van der Waals surface area contributed by atoms with E-state index in [-0.39, 0.29) is 16.8 Å².